The van der Waals surface area contributed by atoms with Gasteiger partial charge >= 0.3 is 0 Å². The largest absolute Gasteiger partial charge is 0.356 e. The first-order chi connectivity index (χ1) is 10.7. The Balaban J connectivity index is 0.00000264. The minimum absolute atomic E-state index is 0. The molecule has 2 rings (SSSR count). The molecule has 7 heteroatoms. The number of hydrogen-bond acceptors (Lipinski definition) is 4. The van der Waals surface area contributed by atoms with E-state index in [-0.39, 0.29) is 30.3 Å². The molecule has 23 heavy (non-hydrogen) atoms. The molecule has 1 heterocycles. The zero-order valence-corrected chi connectivity index (χ0v) is 14.9. The van der Waals surface area contributed by atoms with Gasteiger partial charge in [0.2, 0.25) is 5.91 Å². The molecule has 1 aliphatic heterocycles. The molecule has 0 spiro atoms. The number of thioether (sulfide) groups is 1. The molecule has 128 valence electrons. The number of rotatable bonds is 6. The molecule has 0 radical (unpaired) electrons. The van der Waals surface area contributed by atoms with Gasteiger partial charge in [0.05, 0.1) is 0 Å². The second-order valence-corrected chi connectivity index (χ2v) is 6.46. The van der Waals surface area contributed by atoms with Crippen molar-refractivity contribution in [3.05, 3.63) is 35.4 Å². The summed E-state index contributed by atoms with van der Waals surface area (Å²) in [7, 11) is 1.62. The van der Waals surface area contributed by atoms with Crippen LogP contribution in [0.3, 0.4) is 0 Å². The number of hydrogen-bond donors (Lipinski definition) is 3. The van der Waals surface area contributed by atoms with Crippen molar-refractivity contribution >= 4 is 36.0 Å². The third kappa shape index (κ3) is 6.81. The van der Waals surface area contributed by atoms with Crippen molar-refractivity contribution < 1.29 is 9.59 Å². The van der Waals surface area contributed by atoms with Gasteiger partial charge in [-0.25, -0.2) is 0 Å². The quantitative estimate of drug-likeness (QED) is 0.716. The van der Waals surface area contributed by atoms with E-state index in [0.717, 1.165) is 30.0 Å². The molecule has 0 aromatic heterocycles. The summed E-state index contributed by atoms with van der Waals surface area (Å²) < 4.78 is 0. The van der Waals surface area contributed by atoms with E-state index in [9.17, 15) is 9.59 Å². The van der Waals surface area contributed by atoms with Crippen molar-refractivity contribution in [2.75, 3.05) is 31.6 Å². The van der Waals surface area contributed by atoms with Crippen LogP contribution in [0.25, 0.3) is 0 Å². The molecular formula is C16H24ClN3O2S. The molecule has 0 aliphatic carbocycles. The first-order valence-corrected chi connectivity index (χ1v) is 8.73. The normalized spacial score (nSPS) is 17.0. The number of carbonyl (C=O) groups is 2. The Morgan fingerprint density at radius 1 is 1.39 bits per heavy atom. The smallest absolute Gasteiger partial charge is 0.251 e. The van der Waals surface area contributed by atoms with Gasteiger partial charge in [-0.1, -0.05) is 12.1 Å². The van der Waals surface area contributed by atoms with Gasteiger partial charge < -0.3 is 16.0 Å². The van der Waals surface area contributed by atoms with E-state index in [2.05, 4.69) is 16.0 Å². The second kappa shape index (κ2) is 10.5. The lowest BCUT2D eigenvalue weighted by Gasteiger charge is -2.22. The Kier molecular flexibility index (Phi) is 9.06. The van der Waals surface area contributed by atoms with Crippen LogP contribution >= 0.6 is 24.2 Å². The summed E-state index contributed by atoms with van der Waals surface area (Å²) >= 11 is 1.89. The number of halogens is 1. The first kappa shape index (κ1) is 19.8. The highest BCUT2D eigenvalue weighted by atomic mass is 35.5. The third-order valence-electron chi connectivity index (χ3n) is 3.58. The van der Waals surface area contributed by atoms with E-state index in [1.54, 1.807) is 13.1 Å². The highest BCUT2D eigenvalue weighted by Crippen LogP contribution is 2.10. The molecular weight excluding hydrogens is 334 g/mol. The lowest BCUT2D eigenvalue weighted by molar-refractivity contribution is -0.121. The molecule has 1 saturated heterocycles. The molecule has 1 aromatic rings. The maximum Gasteiger partial charge on any atom is 0.251 e. The summed E-state index contributed by atoms with van der Waals surface area (Å²) in [5, 5.41) is 8.92. The Bertz CT molecular complexity index is 522. The fourth-order valence-corrected chi connectivity index (χ4v) is 3.35. The molecule has 5 nitrogen and oxygen atoms in total. The average molecular weight is 358 g/mol. The van der Waals surface area contributed by atoms with E-state index < -0.39 is 0 Å². The minimum atomic E-state index is -0.0910. The summed E-state index contributed by atoms with van der Waals surface area (Å²) in [6.45, 7) is 1.57. The van der Waals surface area contributed by atoms with E-state index in [1.807, 2.05) is 30.0 Å². The van der Waals surface area contributed by atoms with E-state index >= 15 is 0 Å². The summed E-state index contributed by atoms with van der Waals surface area (Å²) in [6, 6.07) is 7.77. The standard InChI is InChI=1S/C16H23N3O2S.ClH/c1-17-16(21)13-4-2-3-12(9-13)5-6-19-15(20)10-14-11-22-8-7-18-14;/h2-4,9,14,18H,5-8,10-11H2,1H3,(H,17,21)(H,19,20);1H. The van der Waals surface area contributed by atoms with Gasteiger partial charge in [0.15, 0.2) is 0 Å². The van der Waals surface area contributed by atoms with Crippen LogP contribution < -0.4 is 16.0 Å². The lowest BCUT2D eigenvalue weighted by Crippen LogP contribution is -2.41. The highest BCUT2D eigenvalue weighted by Gasteiger charge is 2.16. The molecule has 1 aromatic carbocycles. The Morgan fingerprint density at radius 3 is 2.91 bits per heavy atom. The fourth-order valence-electron chi connectivity index (χ4n) is 2.41. The summed E-state index contributed by atoms with van der Waals surface area (Å²) in [4.78, 5) is 23.5. The van der Waals surface area contributed by atoms with Crippen LogP contribution in [0.2, 0.25) is 0 Å². The van der Waals surface area contributed by atoms with E-state index in [0.29, 0.717) is 18.5 Å². The summed E-state index contributed by atoms with van der Waals surface area (Å²) in [5.41, 5.74) is 1.70. The monoisotopic (exact) mass is 357 g/mol. The molecule has 0 saturated carbocycles. The van der Waals surface area contributed by atoms with Gasteiger partial charge in [-0.2, -0.15) is 11.8 Å². The van der Waals surface area contributed by atoms with Crippen LogP contribution in [-0.2, 0) is 11.2 Å². The zero-order chi connectivity index (χ0) is 15.8. The minimum Gasteiger partial charge on any atom is -0.356 e. The van der Waals surface area contributed by atoms with Gasteiger partial charge in [-0.15, -0.1) is 12.4 Å². The molecule has 2 amide bonds. The van der Waals surface area contributed by atoms with Crippen molar-refractivity contribution in [2.45, 2.75) is 18.9 Å². The van der Waals surface area contributed by atoms with Crippen LogP contribution in [0, 0.1) is 0 Å². The van der Waals surface area contributed by atoms with Gasteiger partial charge in [0.1, 0.15) is 0 Å². The molecule has 0 bridgehead atoms. The zero-order valence-electron chi connectivity index (χ0n) is 13.3. The number of nitrogens with one attached hydrogen (secondary N) is 3. The van der Waals surface area contributed by atoms with Crippen molar-refractivity contribution in [3.63, 3.8) is 0 Å². The van der Waals surface area contributed by atoms with Crippen LogP contribution in [0.5, 0.6) is 0 Å². The first-order valence-electron chi connectivity index (χ1n) is 7.58. The van der Waals surface area contributed by atoms with Gasteiger partial charge in [0.25, 0.3) is 5.91 Å². The molecule has 1 atom stereocenters. The van der Waals surface area contributed by atoms with E-state index in [1.165, 1.54) is 0 Å². The van der Waals surface area contributed by atoms with Crippen molar-refractivity contribution in [3.8, 4) is 0 Å². The molecule has 1 aliphatic rings. The average Bonchev–Trinajstić information content (AvgIpc) is 2.55. The highest BCUT2D eigenvalue weighted by molar-refractivity contribution is 7.99. The third-order valence-corrected chi connectivity index (χ3v) is 4.71. The maximum atomic E-state index is 11.9. The van der Waals surface area contributed by atoms with Crippen molar-refractivity contribution in [2.24, 2.45) is 0 Å². The molecule has 1 unspecified atom stereocenters. The van der Waals surface area contributed by atoms with Crippen LogP contribution in [0.1, 0.15) is 22.3 Å². The number of carbonyl (C=O) groups excluding carboxylic acids is 2. The predicted molar refractivity (Wildman–Crippen MR) is 97.5 cm³/mol. The van der Waals surface area contributed by atoms with Crippen molar-refractivity contribution in [1.82, 2.24) is 16.0 Å². The number of benzene rings is 1. The SMILES string of the molecule is CNC(=O)c1cccc(CCNC(=O)CC2CSCCN2)c1.Cl. The fraction of sp³-hybridized carbons (Fsp3) is 0.500. The summed E-state index contributed by atoms with van der Waals surface area (Å²) in [6.07, 6.45) is 1.26. The van der Waals surface area contributed by atoms with Gasteiger partial charge in [0, 0.05) is 49.7 Å². The molecule has 3 N–H and O–H groups in total. The Labute approximate surface area is 147 Å². The lowest BCUT2D eigenvalue weighted by atomic mass is 10.1. The topological polar surface area (TPSA) is 70.2 Å². The summed E-state index contributed by atoms with van der Waals surface area (Å²) in [5.74, 6) is 2.12. The van der Waals surface area contributed by atoms with Crippen LogP contribution in [0.15, 0.2) is 24.3 Å². The van der Waals surface area contributed by atoms with E-state index in [4.69, 9.17) is 0 Å². The number of amides is 2. The van der Waals surface area contributed by atoms with Gasteiger partial charge in [-0.3, -0.25) is 9.59 Å². The maximum absolute atomic E-state index is 11.9. The van der Waals surface area contributed by atoms with Crippen molar-refractivity contribution in [1.29, 1.82) is 0 Å². The predicted octanol–water partition coefficient (Wildman–Crippen LogP) is 1.22. The van der Waals surface area contributed by atoms with Crippen LogP contribution in [0.4, 0.5) is 0 Å². The molecule has 1 fully saturated rings. The second-order valence-electron chi connectivity index (χ2n) is 5.31. The van der Waals surface area contributed by atoms with Gasteiger partial charge in [-0.05, 0) is 24.1 Å². The Morgan fingerprint density at radius 2 is 2.22 bits per heavy atom. The Hall–Kier alpha value is -1.24. The van der Waals surface area contributed by atoms with Crippen LogP contribution in [-0.4, -0.2) is 49.5 Å².